The van der Waals surface area contributed by atoms with Gasteiger partial charge in [-0.2, -0.15) is 0 Å². The summed E-state index contributed by atoms with van der Waals surface area (Å²) in [5, 5.41) is 0. The molecule has 0 N–H and O–H groups in total. The van der Waals surface area contributed by atoms with Gasteiger partial charge in [-0.05, 0) is 31.1 Å². The van der Waals surface area contributed by atoms with Crippen LogP contribution in [0.1, 0.15) is 266 Å². The first-order valence-electron chi connectivity index (χ1n) is 24.2. The Kier molecular flexibility index (Phi) is 40.8. The topological polar surface area (TPSA) is 78.9 Å². The molecule has 0 fully saturated rings. The Morgan fingerprint density at radius 1 is 0.345 bits per heavy atom. The fraction of sp³-hybridized carbons (Fsp3) is 0.939. The van der Waals surface area contributed by atoms with Gasteiger partial charge in [0.15, 0.2) is 6.10 Å². The molecule has 0 rings (SSSR count). The lowest BCUT2D eigenvalue weighted by Gasteiger charge is -2.18. The maximum Gasteiger partial charge on any atom is 0.306 e. The Hall–Kier alpha value is -1.59. The third-order valence-electron chi connectivity index (χ3n) is 11.0. The van der Waals surface area contributed by atoms with E-state index < -0.39 is 6.10 Å². The predicted molar refractivity (Wildman–Crippen MR) is 233 cm³/mol. The highest BCUT2D eigenvalue weighted by atomic mass is 16.6. The van der Waals surface area contributed by atoms with Crippen LogP contribution in [-0.4, -0.2) is 37.2 Å². The maximum absolute atomic E-state index is 12.7. The molecule has 0 unspecified atom stereocenters. The zero-order chi connectivity index (χ0) is 40.5. The van der Waals surface area contributed by atoms with Crippen LogP contribution in [0.25, 0.3) is 0 Å². The molecule has 6 heteroatoms. The first-order valence-corrected chi connectivity index (χ1v) is 24.2. The lowest BCUT2D eigenvalue weighted by Crippen LogP contribution is -2.30. The third kappa shape index (κ3) is 43.4. The van der Waals surface area contributed by atoms with Crippen molar-refractivity contribution in [1.82, 2.24) is 0 Å². The van der Waals surface area contributed by atoms with Crippen molar-refractivity contribution in [2.45, 2.75) is 272 Å². The molecule has 0 aromatic heterocycles. The number of carbonyl (C=O) groups excluding carboxylic acids is 3. The second-order valence-electron chi connectivity index (χ2n) is 17.7. The van der Waals surface area contributed by atoms with Gasteiger partial charge in [-0.3, -0.25) is 14.4 Å². The molecule has 326 valence electrons. The second kappa shape index (κ2) is 42.0. The summed E-state index contributed by atoms with van der Waals surface area (Å²) in [7, 11) is 0. The first kappa shape index (κ1) is 53.4. The number of ether oxygens (including phenoxy) is 3. The number of hydrogen-bond donors (Lipinski definition) is 0. The molecular weight excluding hydrogens is 685 g/mol. The molecule has 0 aromatic rings. The third-order valence-corrected chi connectivity index (χ3v) is 11.0. The minimum Gasteiger partial charge on any atom is -0.462 e. The van der Waals surface area contributed by atoms with Gasteiger partial charge in [-0.25, -0.2) is 0 Å². The van der Waals surface area contributed by atoms with E-state index in [0.29, 0.717) is 19.3 Å². The molecule has 0 bridgehead atoms. The van der Waals surface area contributed by atoms with Crippen molar-refractivity contribution in [2.75, 3.05) is 13.2 Å². The molecule has 0 saturated carbocycles. The minimum atomic E-state index is -0.760. The Labute approximate surface area is 342 Å². The van der Waals surface area contributed by atoms with Crippen molar-refractivity contribution < 1.29 is 28.6 Å². The summed E-state index contributed by atoms with van der Waals surface area (Å²) in [6.07, 6.45) is 40.9. The molecule has 0 aromatic carbocycles. The average molecular weight is 779 g/mol. The van der Waals surface area contributed by atoms with Crippen molar-refractivity contribution in [3.63, 3.8) is 0 Å². The Morgan fingerprint density at radius 3 is 0.891 bits per heavy atom. The van der Waals surface area contributed by atoms with E-state index in [9.17, 15) is 14.4 Å². The quantitative estimate of drug-likeness (QED) is 0.0348. The zero-order valence-electron chi connectivity index (χ0n) is 37.6. The average Bonchev–Trinajstić information content (AvgIpc) is 3.15. The summed E-state index contributed by atoms with van der Waals surface area (Å²) >= 11 is 0. The van der Waals surface area contributed by atoms with Gasteiger partial charge >= 0.3 is 17.9 Å². The Morgan fingerprint density at radius 2 is 0.600 bits per heavy atom. The van der Waals surface area contributed by atoms with Crippen LogP contribution < -0.4 is 0 Å². The molecule has 0 amide bonds. The van der Waals surface area contributed by atoms with Gasteiger partial charge in [0.1, 0.15) is 13.2 Å². The van der Waals surface area contributed by atoms with E-state index in [-0.39, 0.29) is 31.1 Å². The van der Waals surface area contributed by atoms with Gasteiger partial charge in [0.25, 0.3) is 0 Å². The predicted octanol–water partition coefficient (Wildman–Crippen LogP) is 15.4. The van der Waals surface area contributed by atoms with E-state index in [2.05, 4.69) is 34.6 Å². The van der Waals surface area contributed by atoms with Gasteiger partial charge in [0.2, 0.25) is 0 Å². The highest BCUT2D eigenvalue weighted by molar-refractivity contribution is 5.71. The van der Waals surface area contributed by atoms with Gasteiger partial charge in [-0.15, -0.1) is 0 Å². The van der Waals surface area contributed by atoms with Crippen molar-refractivity contribution in [3.05, 3.63) is 0 Å². The molecular formula is C49H94O6. The van der Waals surface area contributed by atoms with E-state index in [1.165, 1.54) is 154 Å². The molecule has 1 atom stereocenters. The van der Waals surface area contributed by atoms with Gasteiger partial charge in [0, 0.05) is 19.3 Å². The van der Waals surface area contributed by atoms with E-state index in [4.69, 9.17) is 14.2 Å². The number of unbranched alkanes of at least 4 members (excludes halogenated alkanes) is 28. The van der Waals surface area contributed by atoms with Crippen LogP contribution in [0.15, 0.2) is 0 Å². The summed E-state index contributed by atoms with van der Waals surface area (Å²) in [5.41, 5.74) is 0. The summed E-state index contributed by atoms with van der Waals surface area (Å²) < 4.78 is 16.8. The molecule has 0 aliphatic carbocycles. The monoisotopic (exact) mass is 779 g/mol. The minimum absolute atomic E-state index is 0.0644. The molecule has 0 aliphatic heterocycles. The van der Waals surface area contributed by atoms with Crippen molar-refractivity contribution in [2.24, 2.45) is 11.8 Å². The molecule has 0 spiro atoms. The van der Waals surface area contributed by atoms with Crippen LogP contribution in [0.3, 0.4) is 0 Å². The van der Waals surface area contributed by atoms with Crippen LogP contribution in [0.4, 0.5) is 0 Å². The van der Waals surface area contributed by atoms with Crippen LogP contribution in [0, 0.1) is 11.8 Å². The lowest BCUT2D eigenvalue weighted by atomic mass is 10.0. The smallest absolute Gasteiger partial charge is 0.306 e. The van der Waals surface area contributed by atoms with E-state index in [1.807, 2.05) is 0 Å². The Balaban J connectivity index is 4.32. The normalized spacial score (nSPS) is 12.1. The van der Waals surface area contributed by atoms with Crippen molar-refractivity contribution in [1.29, 1.82) is 0 Å². The molecule has 0 heterocycles. The Bertz CT molecular complexity index is 839. The molecule has 0 saturated heterocycles. The highest BCUT2D eigenvalue weighted by Crippen LogP contribution is 2.17. The first-order chi connectivity index (χ1) is 26.7. The van der Waals surface area contributed by atoms with Gasteiger partial charge in [0.05, 0.1) is 0 Å². The largest absolute Gasteiger partial charge is 0.462 e. The van der Waals surface area contributed by atoms with Crippen molar-refractivity contribution >= 4 is 17.9 Å². The van der Waals surface area contributed by atoms with Gasteiger partial charge in [-0.1, -0.05) is 227 Å². The van der Waals surface area contributed by atoms with Crippen LogP contribution in [0.2, 0.25) is 0 Å². The highest BCUT2D eigenvalue weighted by Gasteiger charge is 2.19. The van der Waals surface area contributed by atoms with E-state index in [1.54, 1.807) is 0 Å². The zero-order valence-corrected chi connectivity index (χ0v) is 37.6. The number of rotatable bonds is 43. The van der Waals surface area contributed by atoms with Crippen LogP contribution >= 0.6 is 0 Å². The van der Waals surface area contributed by atoms with E-state index in [0.717, 1.165) is 69.6 Å². The van der Waals surface area contributed by atoms with Crippen molar-refractivity contribution in [3.8, 4) is 0 Å². The number of carbonyl (C=O) groups is 3. The van der Waals surface area contributed by atoms with Gasteiger partial charge < -0.3 is 14.2 Å². The fourth-order valence-electron chi connectivity index (χ4n) is 7.28. The standard InChI is InChI=1S/C49H94O6/c1-6-7-8-9-10-11-13-20-26-31-36-41-49(52)55-46(43-54-48(51)40-35-30-25-21-16-18-23-28-33-38-45(4)5)42-53-47(50)39-34-29-24-19-15-12-14-17-22-27-32-37-44(2)3/h44-46H,6-43H2,1-5H3/t46-/m1/s1. The summed E-state index contributed by atoms with van der Waals surface area (Å²) in [6, 6.07) is 0. The van der Waals surface area contributed by atoms with Crippen LogP contribution in [-0.2, 0) is 28.6 Å². The summed E-state index contributed by atoms with van der Waals surface area (Å²) in [4.78, 5) is 37.8. The lowest BCUT2D eigenvalue weighted by molar-refractivity contribution is -0.167. The molecule has 0 radical (unpaired) electrons. The second-order valence-corrected chi connectivity index (χ2v) is 17.7. The summed E-state index contributed by atoms with van der Waals surface area (Å²) in [6.45, 7) is 11.3. The summed E-state index contributed by atoms with van der Waals surface area (Å²) in [5.74, 6) is 0.781. The van der Waals surface area contributed by atoms with E-state index >= 15 is 0 Å². The molecule has 55 heavy (non-hydrogen) atoms. The SMILES string of the molecule is CCCCCCCCCCCCCC(=O)O[C@H](COC(=O)CCCCCCCCCCCCCC(C)C)COC(=O)CCCCCCCCCCCC(C)C. The molecule has 0 aliphatic rings. The van der Waals surface area contributed by atoms with Crippen LogP contribution in [0.5, 0.6) is 0 Å². The molecule has 6 nitrogen and oxygen atoms in total. The maximum atomic E-state index is 12.7. The number of esters is 3. The fourth-order valence-corrected chi connectivity index (χ4v) is 7.28. The number of hydrogen-bond acceptors (Lipinski definition) is 6.